The zero-order valence-corrected chi connectivity index (χ0v) is 9.77. The van der Waals surface area contributed by atoms with Crippen molar-refractivity contribution in [3.63, 3.8) is 0 Å². The first-order chi connectivity index (χ1) is 6.36. The van der Waals surface area contributed by atoms with Crippen LogP contribution in [0.5, 0.6) is 0 Å². The molecule has 0 aromatic heterocycles. The molecule has 0 amide bonds. The monoisotopic (exact) mass is 234 g/mol. The van der Waals surface area contributed by atoms with Gasteiger partial charge in [0, 0.05) is 9.05 Å². The van der Waals surface area contributed by atoms with Crippen LogP contribution in [0.3, 0.4) is 0 Å². The van der Waals surface area contributed by atoms with Gasteiger partial charge in [-0.05, 0) is 6.92 Å². The second-order valence-corrected chi connectivity index (χ2v) is 1.80. The van der Waals surface area contributed by atoms with E-state index in [1.807, 2.05) is 0 Å². The SMILES string of the molecule is CC(C(=O)OF)C(=O)OF.[Li+].[Li+].[Li+].[O-]B([O-])[O-]. The van der Waals surface area contributed by atoms with E-state index in [2.05, 4.69) is 9.88 Å². The van der Waals surface area contributed by atoms with Crippen molar-refractivity contribution in [2.24, 2.45) is 5.92 Å². The molecule has 0 atom stereocenters. The third-order valence-corrected chi connectivity index (χ3v) is 0.859. The minimum absolute atomic E-state index is 0. The Morgan fingerprint density at radius 3 is 1.29 bits per heavy atom. The van der Waals surface area contributed by atoms with Crippen LogP contribution in [0.4, 0.5) is 9.05 Å². The van der Waals surface area contributed by atoms with Crippen molar-refractivity contribution >= 4 is 19.3 Å². The smallest absolute Gasteiger partial charge is 0.907 e. The molecule has 13 heteroatoms. The molecule has 17 heavy (non-hydrogen) atoms. The minimum Gasteiger partial charge on any atom is -0.907 e. The van der Waals surface area contributed by atoms with Gasteiger partial charge in [0.25, 0.3) is 0 Å². The summed E-state index contributed by atoms with van der Waals surface area (Å²) in [5, 5.41) is 25.2. The third kappa shape index (κ3) is 22.2. The Hall–Kier alpha value is 0.537. The maximum absolute atomic E-state index is 11.0. The van der Waals surface area contributed by atoms with Crippen LogP contribution in [-0.4, -0.2) is 19.3 Å². The van der Waals surface area contributed by atoms with Crippen LogP contribution in [0.25, 0.3) is 0 Å². The van der Waals surface area contributed by atoms with E-state index in [1.54, 1.807) is 0 Å². The largest absolute Gasteiger partial charge is 1.00 e. The van der Waals surface area contributed by atoms with E-state index in [-0.39, 0.29) is 56.6 Å². The molecule has 0 aromatic rings. The van der Waals surface area contributed by atoms with Gasteiger partial charge in [-0.25, -0.2) is 9.59 Å². The fraction of sp³-hybridized carbons (Fsp3) is 0.500. The van der Waals surface area contributed by atoms with Crippen LogP contribution >= 0.6 is 0 Å². The molecule has 0 unspecified atom stereocenters. The maximum atomic E-state index is 11.0. The predicted molar refractivity (Wildman–Crippen MR) is 29.3 cm³/mol. The Morgan fingerprint density at radius 1 is 1.00 bits per heavy atom. The average molecular weight is 234 g/mol. The van der Waals surface area contributed by atoms with Gasteiger partial charge in [0.2, 0.25) is 0 Å². The average Bonchev–Trinajstić information content (AvgIpc) is 2.13. The Kier molecular flexibility index (Phi) is 33.9. The normalized spacial score (nSPS) is 7.00. The standard InChI is InChI=1S/C4H4F2O4.BO3.3Li/c1-2(3(7)9-5)4(8)10-6;2-1(3)4;;;/h2H,1H3;;;;/q;-3;3*+1. The fourth-order valence-corrected chi connectivity index (χ4v) is 0.230. The Morgan fingerprint density at radius 2 is 1.18 bits per heavy atom. The summed E-state index contributed by atoms with van der Waals surface area (Å²) in [5.41, 5.74) is 0. The van der Waals surface area contributed by atoms with E-state index in [0.29, 0.717) is 0 Å². The first kappa shape index (κ1) is 30.5. The molecule has 0 spiro atoms. The van der Waals surface area contributed by atoms with Crippen molar-refractivity contribution in [1.82, 2.24) is 0 Å². The molecule has 0 saturated carbocycles. The van der Waals surface area contributed by atoms with Crippen LogP contribution < -0.4 is 71.7 Å². The summed E-state index contributed by atoms with van der Waals surface area (Å²) >= 11 is 0. The van der Waals surface area contributed by atoms with E-state index in [1.165, 1.54) is 0 Å². The van der Waals surface area contributed by atoms with Gasteiger partial charge in [0.1, 0.15) is 0 Å². The van der Waals surface area contributed by atoms with E-state index in [9.17, 15) is 18.6 Å². The van der Waals surface area contributed by atoms with Crippen molar-refractivity contribution < 1.29 is 100 Å². The molecular formula is C4H4BF2Li3O7. The number of rotatable bonds is 2. The molecule has 82 valence electrons. The number of hydrogen-bond acceptors (Lipinski definition) is 7. The summed E-state index contributed by atoms with van der Waals surface area (Å²) in [6, 6.07) is 0. The summed E-state index contributed by atoms with van der Waals surface area (Å²) in [7, 11) is -2.92. The molecule has 0 N–H and O–H groups in total. The molecule has 0 fully saturated rings. The van der Waals surface area contributed by atoms with Gasteiger partial charge in [-0.2, -0.15) is 0 Å². The number of hydrogen-bond donors (Lipinski definition) is 0. The second kappa shape index (κ2) is 18.9. The summed E-state index contributed by atoms with van der Waals surface area (Å²) in [5.74, 6) is -4.54. The Labute approximate surface area is 132 Å². The Balaban J connectivity index is -0.0000000607. The van der Waals surface area contributed by atoms with Gasteiger partial charge >= 0.3 is 68.5 Å². The first-order valence-corrected chi connectivity index (χ1v) is 2.99. The molecule has 0 bridgehead atoms. The number of halogens is 2. The molecule has 0 aliphatic carbocycles. The minimum atomic E-state index is -2.92. The molecule has 7 nitrogen and oxygen atoms in total. The van der Waals surface area contributed by atoms with E-state index >= 15 is 0 Å². The molecule has 0 saturated heterocycles. The summed E-state index contributed by atoms with van der Waals surface area (Å²) in [6.45, 7) is 0.948. The van der Waals surface area contributed by atoms with Crippen LogP contribution in [0.1, 0.15) is 6.92 Å². The molecule has 0 aliphatic heterocycles. The third-order valence-electron chi connectivity index (χ3n) is 0.859. The van der Waals surface area contributed by atoms with Crippen LogP contribution in [0.15, 0.2) is 0 Å². The number of carbonyl (C=O) groups excluding carboxylic acids is 2. The summed E-state index contributed by atoms with van der Waals surface area (Å²) in [4.78, 5) is 25.4. The second-order valence-electron chi connectivity index (χ2n) is 1.80. The molecule has 0 radical (unpaired) electrons. The first-order valence-electron chi connectivity index (χ1n) is 2.99. The molecule has 0 aliphatic rings. The summed E-state index contributed by atoms with van der Waals surface area (Å²) < 4.78 is 21.9. The Bertz CT molecular complexity index is 179. The summed E-state index contributed by atoms with van der Waals surface area (Å²) in [6.07, 6.45) is 0. The van der Waals surface area contributed by atoms with Gasteiger partial charge < -0.3 is 15.1 Å². The van der Waals surface area contributed by atoms with Crippen LogP contribution in [-0.2, 0) is 19.5 Å². The molecule has 0 aromatic carbocycles. The van der Waals surface area contributed by atoms with E-state index < -0.39 is 25.2 Å². The quantitative estimate of drug-likeness (QED) is 0.343. The van der Waals surface area contributed by atoms with Crippen molar-refractivity contribution in [1.29, 1.82) is 0 Å². The van der Waals surface area contributed by atoms with E-state index in [4.69, 9.17) is 15.1 Å². The van der Waals surface area contributed by atoms with Crippen LogP contribution in [0, 0.1) is 5.92 Å². The zero-order chi connectivity index (χ0) is 11.7. The van der Waals surface area contributed by atoms with Gasteiger partial charge in [-0.3, -0.25) is 17.2 Å². The van der Waals surface area contributed by atoms with Gasteiger partial charge in [0.05, 0.1) is 0 Å². The van der Waals surface area contributed by atoms with Crippen LogP contribution in [0.2, 0.25) is 0 Å². The van der Waals surface area contributed by atoms with Gasteiger partial charge in [-0.15, -0.1) is 0 Å². The molecule has 0 rings (SSSR count). The van der Waals surface area contributed by atoms with E-state index in [0.717, 1.165) is 6.92 Å². The predicted octanol–water partition coefficient (Wildman–Crippen LogP) is -12.5. The fourth-order valence-electron chi connectivity index (χ4n) is 0.230. The maximum Gasteiger partial charge on any atom is 1.00 e. The topological polar surface area (TPSA) is 122 Å². The molecular weight excluding hydrogens is 230 g/mol. The van der Waals surface area contributed by atoms with Gasteiger partial charge in [0.15, 0.2) is 5.92 Å². The van der Waals surface area contributed by atoms with Crippen molar-refractivity contribution in [3.05, 3.63) is 0 Å². The zero-order valence-electron chi connectivity index (χ0n) is 9.77. The van der Waals surface area contributed by atoms with Gasteiger partial charge in [-0.1, -0.05) is 0 Å². The van der Waals surface area contributed by atoms with Crippen molar-refractivity contribution in [2.75, 3.05) is 0 Å². The van der Waals surface area contributed by atoms with Crippen molar-refractivity contribution in [3.8, 4) is 0 Å². The molecule has 0 heterocycles. The number of carbonyl (C=O) groups is 2. The van der Waals surface area contributed by atoms with Crippen molar-refractivity contribution in [2.45, 2.75) is 6.92 Å².